The van der Waals surface area contributed by atoms with Crippen LogP contribution in [0.5, 0.6) is 5.75 Å². The fraction of sp³-hybridized carbons (Fsp3) is 0.318. The van der Waals surface area contributed by atoms with Gasteiger partial charge in [0.25, 0.3) is 11.8 Å². The molecule has 0 unspecified atom stereocenters. The molecule has 1 saturated heterocycles. The van der Waals surface area contributed by atoms with Crippen LogP contribution in [-0.4, -0.2) is 46.3 Å². The predicted molar refractivity (Wildman–Crippen MR) is 105 cm³/mol. The molecule has 0 N–H and O–H groups in total. The van der Waals surface area contributed by atoms with Crippen LogP contribution in [0.1, 0.15) is 30.9 Å². The zero-order chi connectivity index (χ0) is 19.5. The third-order valence-electron chi connectivity index (χ3n) is 5.11. The van der Waals surface area contributed by atoms with Crippen molar-refractivity contribution in [2.24, 2.45) is 0 Å². The molecule has 6 heteroatoms. The molecule has 0 spiro atoms. The van der Waals surface area contributed by atoms with Gasteiger partial charge >= 0.3 is 0 Å². The van der Waals surface area contributed by atoms with E-state index >= 15 is 0 Å². The molecule has 0 atom stereocenters. The number of hydrogen-bond donors (Lipinski definition) is 0. The second-order valence-corrected chi connectivity index (χ2v) is 6.93. The Morgan fingerprint density at radius 1 is 0.964 bits per heavy atom. The van der Waals surface area contributed by atoms with E-state index in [4.69, 9.17) is 4.74 Å². The van der Waals surface area contributed by atoms with Crippen LogP contribution in [0.2, 0.25) is 0 Å². The minimum atomic E-state index is -0.243. The zero-order valence-corrected chi connectivity index (χ0v) is 15.9. The second kappa shape index (κ2) is 7.84. The number of rotatable bonds is 6. The van der Waals surface area contributed by atoms with Gasteiger partial charge in [0.1, 0.15) is 11.4 Å². The van der Waals surface area contributed by atoms with Crippen LogP contribution in [0.3, 0.4) is 0 Å². The molecular formula is C22H23N3O3. The van der Waals surface area contributed by atoms with E-state index in [2.05, 4.69) is 9.88 Å². The molecule has 0 bridgehead atoms. The smallest absolute Gasteiger partial charge is 0.278 e. The van der Waals surface area contributed by atoms with E-state index in [-0.39, 0.29) is 18.4 Å². The van der Waals surface area contributed by atoms with E-state index < -0.39 is 0 Å². The first-order valence-corrected chi connectivity index (χ1v) is 9.66. The maximum atomic E-state index is 13.3. The summed E-state index contributed by atoms with van der Waals surface area (Å²) in [5.74, 6) is 0.292. The third kappa shape index (κ3) is 3.38. The lowest BCUT2D eigenvalue weighted by atomic mass is 10.0. The summed E-state index contributed by atoms with van der Waals surface area (Å²) in [6.45, 7) is 4.37. The van der Waals surface area contributed by atoms with Gasteiger partial charge in [-0.15, -0.1) is 0 Å². The monoisotopic (exact) mass is 377 g/mol. The maximum Gasteiger partial charge on any atom is 0.278 e. The molecule has 28 heavy (non-hydrogen) atoms. The number of carbonyl (C=O) groups excluding carboxylic acids is 2. The summed E-state index contributed by atoms with van der Waals surface area (Å²) in [6.07, 6.45) is 5.41. The van der Waals surface area contributed by atoms with Gasteiger partial charge in [-0.2, -0.15) is 0 Å². The van der Waals surface area contributed by atoms with Crippen molar-refractivity contribution in [3.63, 3.8) is 0 Å². The highest BCUT2D eigenvalue weighted by Crippen LogP contribution is 2.34. The van der Waals surface area contributed by atoms with Crippen LogP contribution in [0.25, 0.3) is 5.57 Å². The molecule has 2 aliphatic heterocycles. The van der Waals surface area contributed by atoms with Gasteiger partial charge in [-0.05, 0) is 55.2 Å². The second-order valence-electron chi connectivity index (χ2n) is 6.93. The molecule has 0 aliphatic carbocycles. The van der Waals surface area contributed by atoms with Crippen LogP contribution in [0.4, 0.5) is 0 Å². The number of benzene rings is 1. The number of hydrogen-bond acceptors (Lipinski definition) is 5. The van der Waals surface area contributed by atoms with Crippen molar-refractivity contribution in [1.29, 1.82) is 0 Å². The molecule has 2 aliphatic rings. The van der Waals surface area contributed by atoms with E-state index in [0.29, 0.717) is 17.9 Å². The van der Waals surface area contributed by atoms with Crippen molar-refractivity contribution in [3.05, 3.63) is 65.6 Å². The molecule has 4 rings (SSSR count). The summed E-state index contributed by atoms with van der Waals surface area (Å²) < 4.78 is 5.50. The minimum Gasteiger partial charge on any atom is -0.494 e. The first-order valence-electron chi connectivity index (χ1n) is 9.66. The first kappa shape index (κ1) is 18.2. The van der Waals surface area contributed by atoms with Gasteiger partial charge in [-0.3, -0.25) is 19.5 Å². The molecule has 1 fully saturated rings. The number of ether oxygens (including phenoxy) is 1. The van der Waals surface area contributed by atoms with Gasteiger partial charge in [-0.25, -0.2) is 0 Å². The Bertz CT molecular complexity index is 900. The van der Waals surface area contributed by atoms with Crippen molar-refractivity contribution < 1.29 is 14.3 Å². The fourth-order valence-electron chi connectivity index (χ4n) is 3.76. The largest absolute Gasteiger partial charge is 0.494 e. The van der Waals surface area contributed by atoms with Gasteiger partial charge in [0.15, 0.2) is 0 Å². The van der Waals surface area contributed by atoms with Gasteiger partial charge < -0.3 is 9.64 Å². The Balaban J connectivity index is 1.70. The highest BCUT2D eigenvalue weighted by Gasteiger charge is 2.42. The Morgan fingerprint density at radius 3 is 2.29 bits per heavy atom. The van der Waals surface area contributed by atoms with Gasteiger partial charge in [0, 0.05) is 25.5 Å². The number of aromatic nitrogens is 1. The van der Waals surface area contributed by atoms with Crippen LogP contribution < -0.4 is 4.74 Å². The number of carbonyl (C=O) groups is 2. The van der Waals surface area contributed by atoms with Crippen molar-refractivity contribution in [1.82, 2.24) is 14.8 Å². The molecule has 2 aromatic rings. The van der Waals surface area contributed by atoms with E-state index in [1.165, 1.54) is 4.90 Å². The fourth-order valence-corrected chi connectivity index (χ4v) is 3.76. The Kier molecular flexibility index (Phi) is 5.10. The lowest BCUT2D eigenvalue weighted by Crippen LogP contribution is -2.34. The third-order valence-corrected chi connectivity index (χ3v) is 5.11. The summed E-state index contributed by atoms with van der Waals surface area (Å²) in [7, 11) is 0. The summed E-state index contributed by atoms with van der Waals surface area (Å²) >= 11 is 0. The van der Waals surface area contributed by atoms with Crippen LogP contribution >= 0.6 is 0 Å². The lowest BCUT2D eigenvalue weighted by molar-refractivity contribution is -0.138. The SMILES string of the molecule is CCOc1ccc(C2=C(N3CCCC3)C(=O)N(Cc3ccncc3)C2=O)cc1. The molecule has 1 aromatic carbocycles. The predicted octanol–water partition coefficient (Wildman–Crippen LogP) is 2.86. The van der Waals surface area contributed by atoms with Gasteiger partial charge in [0.05, 0.1) is 18.7 Å². The number of imide groups is 1. The molecule has 3 heterocycles. The summed E-state index contributed by atoms with van der Waals surface area (Å²) in [6, 6.07) is 11.1. The maximum absolute atomic E-state index is 13.3. The molecule has 0 saturated carbocycles. The molecule has 6 nitrogen and oxygen atoms in total. The van der Waals surface area contributed by atoms with E-state index in [0.717, 1.165) is 42.8 Å². The van der Waals surface area contributed by atoms with Crippen LogP contribution in [-0.2, 0) is 16.1 Å². The average Bonchev–Trinajstić information content (AvgIpc) is 3.32. The molecule has 144 valence electrons. The van der Waals surface area contributed by atoms with Crippen LogP contribution in [0, 0.1) is 0 Å². The highest BCUT2D eigenvalue weighted by molar-refractivity contribution is 6.35. The van der Waals surface area contributed by atoms with Crippen molar-refractivity contribution in [3.8, 4) is 5.75 Å². The van der Waals surface area contributed by atoms with E-state index in [1.54, 1.807) is 12.4 Å². The van der Waals surface area contributed by atoms with E-state index in [9.17, 15) is 9.59 Å². The molecular weight excluding hydrogens is 354 g/mol. The normalized spacial score (nSPS) is 17.0. The molecule has 2 amide bonds. The Morgan fingerprint density at radius 2 is 1.64 bits per heavy atom. The number of pyridine rings is 1. The number of likely N-dealkylation sites (tertiary alicyclic amines) is 1. The van der Waals surface area contributed by atoms with Crippen LogP contribution in [0.15, 0.2) is 54.5 Å². The van der Waals surface area contributed by atoms with Crippen molar-refractivity contribution in [2.75, 3.05) is 19.7 Å². The average molecular weight is 377 g/mol. The zero-order valence-electron chi connectivity index (χ0n) is 15.9. The van der Waals surface area contributed by atoms with Crippen molar-refractivity contribution in [2.45, 2.75) is 26.3 Å². The number of nitrogens with zero attached hydrogens (tertiary/aromatic N) is 3. The Labute approximate surface area is 164 Å². The summed E-state index contributed by atoms with van der Waals surface area (Å²) in [5, 5.41) is 0. The standard InChI is InChI=1S/C22H23N3O3/c1-2-28-18-7-5-17(6-8-18)19-20(24-13-3-4-14-24)22(27)25(21(19)26)15-16-9-11-23-12-10-16/h5-12H,2-4,13-15H2,1H3. The number of amides is 2. The lowest BCUT2D eigenvalue weighted by Gasteiger charge is -2.20. The van der Waals surface area contributed by atoms with Gasteiger partial charge in [0.2, 0.25) is 0 Å². The van der Waals surface area contributed by atoms with Crippen molar-refractivity contribution >= 4 is 17.4 Å². The molecule has 1 aromatic heterocycles. The highest BCUT2D eigenvalue weighted by atomic mass is 16.5. The summed E-state index contributed by atoms with van der Waals surface area (Å²) in [4.78, 5) is 33.9. The minimum absolute atomic E-state index is 0.215. The van der Waals surface area contributed by atoms with E-state index in [1.807, 2.05) is 43.3 Å². The summed E-state index contributed by atoms with van der Waals surface area (Å²) in [5.41, 5.74) is 2.65. The topological polar surface area (TPSA) is 62.7 Å². The Hall–Kier alpha value is -3.15. The van der Waals surface area contributed by atoms with Gasteiger partial charge in [-0.1, -0.05) is 12.1 Å². The molecule has 0 radical (unpaired) electrons. The first-order chi connectivity index (χ1) is 13.7. The quantitative estimate of drug-likeness (QED) is 0.725.